The lowest BCUT2D eigenvalue weighted by Crippen LogP contribution is -2.36. The standard InChI is InChI=1S/C10H13N3O2/c1-11-5-6-12(2)10-7-8(13(14)15)3-4-9(10)11/h3-4,7H,5-6H2,1-2H3. The summed E-state index contributed by atoms with van der Waals surface area (Å²) in [6.45, 7) is 1.84. The number of nitro groups is 1. The van der Waals surface area contributed by atoms with Crippen LogP contribution in [-0.4, -0.2) is 32.1 Å². The van der Waals surface area contributed by atoms with Gasteiger partial charge < -0.3 is 9.80 Å². The Hall–Kier alpha value is -1.78. The minimum Gasteiger partial charge on any atom is -0.371 e. The van der Waals surface area contributed by atoms with Crippen molar-refractivity contribution in [3.05, 3.63) is 28.3 Å². The minimum absolute atomic E-state index is 0.149. The summed E-state index contributed by atoms with van der Waals surface area (Å²) in [5.74, 6) is 0. The fourth-order valence-electron chi connectivity index (χ4n) is 1.79. The Morgan fingerprint density at radius 3 is 2.40 bits per heavy atom. The van der Waals surface area contributed by atoms with Crippen LogP contribution >= 0.6 is 0 Å². The van der Waals surface area contributed by atoms with E-state index in [9.17, 15) is 10.1 Å². The Bertz CT molecular complexity index is 406. The molecule has 0 unspecified atom stereocenters. The van der Waals surface area contributed by atoms with Crippen LogP contribution in [0.15, 0.2) is 18.2 Å². The summed E-state index contributed by atoms with van der Waals surface area (Å²) in [5.41, 5.74) is 2.13. The molecule has 5 heteroatoms. The van der Waals surface area contributed by atoms with E-state index >= 15 is 0 Å². The molecule has 1 heterocycles. The molecule has 0 aliphatic carbocycles. The van der Waals surface area contributed by atoms with E-state index in [0.717, 1.165) is 24.5 Å². The van der Waals surface area contributed by atoms with Crippen LogP contribution in [0.3, 0.4) is 0 Å². The number of non-ortho nitro benzene ring substituents is 1. The lowest BCUT2D eigenvalue weighted by molar-refractivity contribution is -0.384. The predicted molar refractivity (Wildman–Crippen MR) is 59.6 cm³/mol. The van der Waals surface area contributed by atoms with Gasteiger partial charge in [0.2, 0.25) is 0 Å². The molecule has 2 rings (SSSR count). The lowest BCUT2D eigenvalue weighted by Gasteiger charge is -2.34. The summed E-state index contributed by atoms with van der Waals surface area (Å²) in [7, 11) is 3.95. The average Bonchev–Trinajstić information content (AvgIpc) is 2.23. The number of hydrogen-bond donors (Lipinski definition) is 0. The number of rotatable bonds is 1. The third kappa shape index (κ3) is 1.60. The van der Waals surface area contributed by atoms with Crippen LogP contribution in [0.1, 0.15) is 0 Å². The molecule has 5 nitrogen and oxygen atoms in total. The maximum Gasteiger partial charge on any atom is 0.271 e. The second-order valence-electron chi connectivity index (χ2n) is 3.77. The maximum absolute atomic E-state index is 10.6. The van der Waals surface area contributed by atoms with Gasteiger partial charge >= 0.3 is 0 Å². The summed E-state index contributed by atoms with van der Waals surface area (Å²) in [5, 5.41) is 10.6. The lowest BCUT2D eigenvalue weighted by atomic mass is 10.1. The van der Waals surface area contributed by atoms with Crippen LogP contribution in [-0.2, 0) is 0 Å². The number of anilines is 2. The first-order valence-electron chi connectivity index (χ1n) is 4.80. The van der Waals surface area contributed by atoms with Crippen LogP contribution < -0.4 is 9.80 Å². The van der Waals surface area contributed by atoms with Crippen molar-refractivity contribution >= 4 is 17.1 Å². The van der Waals surface area contributed by atoms with Gasteiger partial charge in [-0.2, -0.15) is 0 Å². The van der Waals surface area contributed by atoms with E-state index in [1.54, 1.807) is 12.1 Å². The van der Waals surface area contributed by atoms with Crippen LogP contribution in [0.5, 0.6) is 0 Å². The normalized spacial score (nSPS) is 15.1. The molecular formula is C10H13N3O2. The predicted octanol–water partition coefficient (Wildman–Crippen LogP) is 1.48. The highest BCUT2D eigenvalue weighted by Crippen LogP contribution is 2.34. The van der Waals surface area contributed by atoms with E-state index in [2.05, 4.69) is 4.90 Å². The second-order valence-corrected chi connectivity index (χ2v) is 3.77. The molecule has 1 aromatic carbocycles. The molecule has 1 aromatic rings. The Morgan fingerprint density at radius 2 is 1.80 bits per heavy atom. The number of benzene rings is 1. The van der Waals surface area contributed by atoms with Crippen molar-refractivity contribution < 1.29 is 4.92 Å². The van der Waals surface area contributed by atoms with Crippen LogP contribution in [0.4, 0.5) is 17.1 Å². The van der Waals surface area contributed by atoms with Crippen molar-refractivity contribution in [2.75, 3.05) is 37.0 Å². The molecule has 80 valence electrons. The van der Waals surface area contributed by atoms with Gasteiger partial charge in [0.15, 0.2) is 0 Å². The summed E-state index contributed by atoms with van der Waals surface area (Å²) in [6.07, 6.45) is 0. The molecule has 0 N–H and O–H groups in total. The van der Waals surface area contributed by atoms with Gasteiger partial charge in [-0.25, -0.2) is 0 Å². The molecule has 0 spiro atoms. The first kappa shape index (κ1) is 9.76. The van der Waals surface area contributed by atoms with E-state index in [1.807, 2.05) is 25.1 Å². The van der Waals surface area contributed by atoms with Gasteiger partial charge in [-0.3, -0.25) is 10.1 Å². The first-order valence-corrected chi connectivity index (χ1v) is 4.80. The Kier molecular flexibility index (Phi) is 2.22. The van der Waals surface area contributed by atoms with E-state index in [-0.39, 0.29) is 10.6 Å². The molecule has 0 saturated carbocycles. The molecule has 1 aliphatic rings. The van der Waals surface area contributed by atoms with Crippen LogP contribution in [0, 0.1) is 10.1 Å². The maximum atomic E-state index is 10.6. The highest BCUT2D eigenvalue weighted by Gasteiger charge is 2.20. The minimum atomic E-state index is -0.358. The van der Waals surface area contributed by atoms with Gasteiger partial charge in [0.05, 0.1) is 16.3 Å². The van der Waals surface area contributed by atoms with Crippen molar-refractivity contribution in [1.29, 1.82) is 0 Å². The number of nitrogens with zero attached hydrogens (tertiary/aromatic N) is 3. The van der Waals surface area contributed by atoms with Crippen molar-refractivity contribution in [2.24, 2.45) is 0 Å². The second kappa shape index (κ2) is 3.42. The van der Waals surface area contributed by atoms with Crippen LogP contribution in [0.25, 0.3) is 0 Å². The average molecular weight is 207 g/mol. The highest BCUT2D eigenvalue weighted by molar-refractivity contribution is 5.75. The molecule has 0 bridgehead atoms. The molecule has 0 atom stereocenters. The fourth-order valence-corrected chi connectivity index (χ4v) is 1.79. The van der Waals surface area contributed by atoms with Gasteiger partial charge in [0.25, 0.3) is 5.69 Å². The first-order chi connectivity index (χ1) is 7.09. The zero-order valence-electron chi connectivity index (χ0n) is 8.80. The highest BCUT2D eigenvalue weighted by atomic mass is 16.6. The summed E-state index contributed by atoms with van der Waals surface area (Å²) < 4.78 is 0. The van der Waals surface area contributed by atoms with Crippen molar-refractivity contribution in [3.63, 3.8) is 0 Å². The Balaban J connectivity index is 2.49. The molecule has 0 fully saturated rings. The smallest absolute Gasteiger partial charge is 0.271 e. The number of likely N-dealkylation sites (N-methyl/N-ethyl adjacent to an activating group) is 2. The van der Waals surface area contributed by atoms with E-state index < -0.39 is 0 Å². The van der Waals surface area contributed by atoms with Gasteiger partial charge in [0.1, 0.15) is 0 Å². The van der Waals surface area contributed by atoms with Crippen LogP contribution in [0.2, 0.25) is 0 Å². The third-order valence-corrected chi connectivity index (χ3v) is 2.76. The fraction of sp³-hybridized carbons (Fsp3) is 0.400. The quantitative estimate of drug-likeness (QED) is 0.517. The summed E-state index contributed by atoms with van der Waals surface area (Å²) in [6, 6.07) is 4.99. The Morgan fingerprint density at radius 1 is 1.20 bits per heavy atom. The Labute approximate surface area is 88.1 Å². The van der Waals surface area contributed by atoms with E-state index in [1.165, 1.54) is 0 Å². The topological polar surface area (TPSA) is 49.6 Å². The zero-order valence-corrected chi connectivity index (χ0v) is 8.80. The van der Waals surface area contributed by atoms with Gasteiger partial charge in [-0.1, -0.05) is 0 Å². The SMILES string of the molecule is CN1CCN(C)c2cc([N+](=O)[O-])ccc21. The number of nitro benzene ring substituents is 1. The van der Waals surface area contributed by atoms with Gasteiger partial charge in [0, 0.05) is 39.3 Å². The molecule has 0 radical (unpaired) electrons. The third-order valence-electron chi connectivity index (χ3n) is 2.76. The van der Waals surface area contributed by atoms with Crippen molar-refractivity contribution in [1.82, 2.24) is 0 Å². The van der Waals surface area contributed by atoms with E-state index in [0.29, 0.717) is 0 Å². The molecule has 1 aliphatic heterocycles. The largest absolute Gasteiger partial charge is 0.371 e. The summed E-state index contributed by atoms with van der Waals surface area (Å²) >= 11 is 0. The van der Waals surface area contributed by atoms with Crippen molar-refractivity contribution in [2.45, 2.75) is 0 Å². The molecule has 0 saturated heterocycles. The number of hydrogen-bond acceptors (Lipinski definition) is 4. The molecule has 0 aromatic heterocycles. The van der Waals surface area contributed by atoms with Crippen molar-refractivity contribution in [3.8, 4) is 0 Å². The molecule has 15 heavy (non-hydrogen) atoms. The zero-order chi connectivity index (χ0) is 11.0. The summed E-state index contributed by atoms with van der Waals surface area (Å²) in [4.78, 5) is 14.4. The van der Waals surface area contributed by atoms with Gasteiger partial charge in [-0.15, -0.1) is 0 Å². The van der Waals surface area contributed by atoms with E-state index in [4.69, 9.17) is 0 Å². The monoisotopic (exact) mass is 207 g/mol. The number of fused-ring (bicyclic) bond motifs is 1. The van der Waals surface area contributed by atoms with Gasteiger partial charge in [-0.05, 0) is 6.07 Å². The molecule has 0 amide bonds. The molecular weight excluding hydrogens is 194 g/mol.